The van der Waals surface area contributed by atoms with E-state index in [1.165, 1.54) is 5.56 Å². The average Bonchev–Trinajstić information content (AvgIpc) is 2.74. The SMILES string of the molecule is CNC(Cc1cccnc1)c1ccc(C)o1. The molecular formula is C13H16N2O. The summed E-state index contributed by atoms with van der Waals surface area (Å²) < 4.78 is 5.63. The van der Waals surface area contributed by atoms with Crippen molar-refractivity contribution in [3.05, 3.63) is 53.7 Å². The molecule has 0 saturated carbocycles. The predicted molar refractivity (Wildman–Crippen MR) is 63.2 cm³/mol. The summed E-state index contributed by atoms with van der Waals surface area (Å²) in [6.45, 7) is 1.96. The third kappa shape index (κ3) is 2.49. The summed E-state index contributed by atoms with van der Waals surface area (Å²) in [6.07, 6.45) is 4.56. The monoisotopic (exact) mass is 216 g/mol. The molecule has 2 aromatic rings. The lowest BCUT2D eigenvalue weighted by Gasteiger charge is -2.13. The van der Waals surface area contributed by atoms with Crippen LogP contribution in [0.4, 0.5) is 0 Å². The number of furan rings is 1. The van der Waals surface area contributed by atoms with Crippen molar-refractivity contribution in [2.45, 2.75) is 19.4 Å². The van der Waals surface area contributed by atoms with Crippen molar-refractivity contribution in [1.82, 2.24) is 10.3 Å². The third-order valence-electron chi connectivity index (χ3n) is 2.62. The molecule has 84 valence electrons. The van der Waals surface area contributed by atoms with E-state index in [-0.39, 0.29) is 6.04 Å². The van der Waals surface area contributed by atoms with Crippen molar-refractivity contribution < 1.29 is 4.42 Å². The molecule has 3 heteroatoms. The van der Waals surface area contributed by atoms with Gasteiger partial charge >= 0.3 is 0 Å². The van der Waals surface area contributed by atoms with Gasteiger partial charge in [0, 0.05) is 12.4 Å². The maximum Gasteiger partial charge on any atom is 0.121 e. The summed E-state index contributed by atoms with van der Waals surface area (Å²) in [7, 11) is 1.94. The first-order chi connectivity index (χ1) is 7.79. The Kier molecular flexibility index (Phi) is 3.37. The summed E-state index contributed by atoms with van der Waals surface area (Å²) in [5.74, 6) is 1.92. The number of nitrogens with zero attached hydrogens (tertiary/aromatic N) is 1. The van der Waals surface area contributed by atoms with Crippen LogP contribution in [0.2, 0.25) is 0 Å². The summed E-state index contributed by atoms with van der Waals surface area (Å²) >= 11 is 0. The molecule has 0 fully saturated rings. The van der Waals surface area contributed by atoms with Crippen LogP contribution < -0.4 is 5.32 Å². The lowest BCUT2D eigenvalue weighted by molar-refractivity contribution is 0.414. The van der Waals surface area contributed by atoms with E-state index in [4.69, 9.17) is 4.42 Å². The molecule has 3 nitrogen and oxygen atoms in total. The minimum atomic E-state index is 0.206. The number of likely N-dealkylation sites (N-methyl/N-ethyl adjacent to an activating group) is 1. The molecule has 0 saturated heterocycles. The van der Waals surface area contributed by atoms with Crippen molar-refractivity contribution in [2.75, 3.05) is 7.05 Å². The molecular weight excluding hydrogens is 200 g/mol. The molecule has 0 bridgehead atoms. The van der Waals surface area contributed by atoms with Crippen LogP contribution in [0.25, 0.3) is 0 Å². The average molecular weight is 216 g/mol. The van der Waals surface area contributed by atoms with Crippen molar-refractivity contribution in [2.24, 2.45) is 0 Å². The lowest BCUT2D eigenvalue weighted by atomic mass is 10.1. The zero-order valence-electron chi connectivity index (χ0n) is 9.60. The van der Waals surface area contributed by atoms with Gasteiger partial charge in [-0.3, -0.25) is 4.98 Å². The maximum absolute atomic E-state index is 5.63. The van der Waals surface area contributed by atoms with E-state index in [9.17, 15) is 0 Å². The third-order valence-corrected chi connectivity index (χ3v) is 2.62. The van der Waals surface area contributed by atoms with Gasteiger partial charge in [-0.15, -0.1) is 0 Å². The Morgan fingerprint density at radius 2 is 2.25 bits per heavy atom. The van der Waals surface area contributed by atoms with Crippen LogP contribution in [-0.4, -0.2) is 12.0 Å². The van der Waals surface area contributed by atoms with Crippen molar-refractivity contribution in [1.29, 1.82) is 0 Å². The molecule has 16 heavy (non-hydrogen) atoms. The van der Waals surface area contributed by atoms with Gasteiger partial charge in [-0.25, -0.2) is 0 Å². The first-order valence-corrected chi connectivity index (χ1v) is 5.42. The number of aromatic nitrogens is 1. The molecule has 1 N–H and O–H groups in total. The van der Waals surface area contributed by atoms with E-state index < -0.39 is 0 Å². The van der Waals surface area contributed by atoms with E-state index in [0.717, 1.165) is 17.9 Å². The summed E-state index contributed by atoms with van der Waals surface area (Å²) in [5.41, 5.74) is 1.20. The molecule has 2 heterocycles. The normalized spacial score (nSPS) is 12.6. The lowest BCUT2D eigenvalue weighted by Crippen LogP contribution is -2.18. The number of hydrogen-bond donors (Lipinski definition) is 1. The van der Waals surface area contributed by atoms with Crippen molar-refractivity contribution >= 4 is 0 Å². The Morgan fingerprint density at radius 1 is 1.38 bits per heavy atom. The Hall–Kier alpha value is -1.61. The topological polar surface area (TPSA) is 38.1 Å². The molecule has 0 radical (unpaired) electrons. The maximum atomic E-state index is 5.63. The standard InChI is InChI=1S/C13H16N2O/c1-10-5-6-13(16-10)12(14-2)8-11-4-3-7-15-9-11/h3-7,9,12,14H,8H2,1-2H3. The molecule has 0 aliphatic rings. The Bertz CT molecular complexity index is 436. The van der Waals surface area contributed by atoms with Crippen molar-refractivity contribution in [3.8, 4) is 0 Å². The highest BCUT2D eigenvalue weighted by atomic mass is 16.3. The van der Waals surface area contributed by atoms with Crippen LogP contribution in [0.3, 0.4) is 0 Å². The Morgan fingerprint density at radius 3 is 2.81 bits per heavy atom. The Labute approximate surface area is 95.5 Å². The molecule has 1 unspecified atom stereocenters. The van der Waals surface area contributed by atoms with Gasteiger partial charge in [-0.2, -0.15) is 0 Å². The Balaban J connectivity index is 2.12. The van der Waals surface area contributed by atoms with E-state index >= 15 is 0 Å². The molecule has 0 spiro atoms. The molecule has 0 aliphatic carbocycles. The van der Waals surface area contributed by atoms with Gasteiger partial charge < -0.3 is 9.73 Å². The van der Waals surface area contributed by atoms with Crippen LogP contribution in [0.5, 0.6) is 0 Å². The van der Waals surface area contributed by atoms with Gasteiger partial charge in [-0.1, -0.05) is 6.07 Å². The highest BCUT2D eigenvalue weighted by Crippen LogP contribution is 2.19. The van der Waals surface area contributed by atoms with E-state index in [1.54, 1.807) is 6.20 Å². The largest absolute Gasteiger partial charge is 0.465 e. The van der Waals surface area contributed by atoms with Crippen LogP contribution in [0.15, 0.2) is 41.1 Å². The molecule has 2 rings (SSSR count). The highest BCUT2D eigenvalue weighted by Gasteiger charge is 2.13. The summed E-state index contributed by atoms with van der Waals surface area (Å²) in [5, 5.41) is 3.26. The minimum Gasteiger partial charge on any atom is -0.465 e. The van der Waals surface area contributed by atoms with Crippen molar-refractivity contribution in [3.63, 3.8) is 0 Å². The fourth-order valence-corrected chi connectivity index (χ4v) is 1.74. The smallest absolute Gasteiger partial charge is 0.121 e. The van der Waals surface area contributed by atoms with Gasteiger partial charge in [0.15, 0.2) is 0 Å². The fraction of sp³-hybridized carbons (Fsp3) is 0.308. The van der Waals surface area contributed by atoms with E-state index in [0.29, 0.717) is 0 Å². The second-order valence-corrected chi connectivity index (χ2v) is 3.86. The molecule has 1 atom stereocenters. The number of nitrogens with one attached hydrogen (secondary N) is 1. The van der Waals surface area contributed by atoms with Gasteiger partial charge in [0.05, 0.1) is 6.04 Å². The van der Waals surface area contributed by atoms with E-state index in [2.05, 4.69) is 16.4 Å². The fourth-order valence-electron chi connectivity index (χ4n) is 1.74. The quantitative estimate of drug-likeness (QED) is 0.853. The summed E-state index contributed by atoms with van der Waals surface area (Å²) in [4.78, 5) is 4.11. The van der Waals surface area contributed by atoms with Gasteiger partial charge in [0.25, 0.3) is 0 Å². The molecule has 0 aliphatic heterocycles. The number of pyridine rings is 1. The number of hydrogen-bond acceptors (Lipinski definition) is 3. The number of aryl methyl sites for hydroxylation is 1. The van der Waals surface area contributed by atoms with Crippen LogP contribution in [-0.2, 0) is 6.42 Å². The van der Waals surface area contributed by atoms with Gasteiger partial charge in [0.1, 0.15) is 11.5 Å². The predicted octanol–water partition coefficient (Wildman–Crippen LogP) is 2.49. The summed E-state index contributed by atoms with van der Waals surface area (Å²) in [6, 6.07) is 8.25. The second-order valence-electron chi connectivity index (χ2n) is 3.86. The first-order valence-electron chi connectivity index (χ1n) is 5.42. The van der Waals surface area contributed by atoms with Gasteiger partial charge in [-0.05, 0) is 44.2 Å². The van der Waals surface area contributed by atoms with E-state index in [1.807, 2.05) is 38.4 Å². The molecule has 0 amide bonds. The van der Waals surface area contributed by atoms with Crippen LogP contribution >= 0.6 is 0 Å². The zero-order chi connectivity index (χ0) is 11.4. The second kappa shape index (κ2) is 4.94. The van der Waals surface area contributed by atoms with Gasteiger partial charge in [0.2, 0.25) is 0 Å². The molecule has 2 aromatic heterocycles. The van der Waals surface area contributed by atoms with Crippen LogP contribution in [0.1, 0.15) is 23.1 Å². The minimum absolute atomic E-state index is 0.206. The number of rotatable bonds is 4. The highest BCUT2D eigenvalue weighted by molar-refractivity contribution is 5.16. The zero-order valence-corrected chi connectivity index (χ0v) is 9.60. The van der Waals surface area contributed by atoms with Crippen LogP contribution in [0, 0.1) is 6.92 Å². The molecule has 0 aromatic carbocycles. The first kappa shape index (κ1) is 10.9.